The molecule has 7 heteroatoms. The van der Waals surface area contributed by atoms with E-state index in [4.69, 9.17) is 0 Å². The summed E-state index contributed by atoms with van der Waals surface area (Å²) in [5.74, 6) is 0. The van der Waals surface area contributed by atoms with Gasteiger partial charge >= 0.3 is 6.03 Å². The van der Waals surface area contributed by atoms with Crippen molar-refractivity contribution in [2.75, 3.05) is 10.6 Å². The number of hydrogen-bond acceptors (Lipinski definition) is 4. The molecule has 0 heterocycles. The van der Waals surface area contributed by atoms with Gasteiger partial charge in [0.25, 0.3) is 10.0 Å². The van der Waals surface area contributed by atoms with Crippen LogP contribution in [0.25, 0.3) is 0 Å². The minimum Gasteiger partial charge on any atom is -0.356 e. The van der Waals surface area contributed by atoms with Crippen LogP contribution in [0.4, 0.5) is 21.9 Å². The van der Waals surface area contributed by atoms with Gasteiger partial charge in [0.2, 0.25) is 0 Å². The van der Waals surface area contributed by atoms with Gasteiger partial charge in [0.15, 0.2) is 0 Å². The number of amides is 2. The Morgan fingerprint density at radius 2 is 1.15 bits per heavy atom. The second kappa shape index (κ2) is 7.71. The first-order valence-electron chi connectivity index (χ1n) is 7.84. The number of para-hydroxylation sites is 1. The van der Waals surface area contributed by atoms with Gasteiger partial charge in [-0.15, -0.1) is 0 Å². The van der Waals surface area contributed by atoms with Gasteiger partial charge in [0.05, 0.1) is 4.90 Å². The van der Waals surface area contributed by atoms with Crippen LogP contribution in [0.5, 0.6) is 0 Å². The van der Waals surface area contributed by atoms with E-state index in [-0.39, 0.29) is 4.90 Å². The molecule has 3 aromatic carbocycles. The zero-order valence-corrected chi connectivity index (χ0v) is 14.5. The second-order valence-corrected chi connectivity index (χ2v) is 7.12. The molecule has 132 valence electrons. The molecule has 0 atom stereocenters. The largest absolute Gasteiger partial charge is 0.356 e. The van der Waals surface area contributed by atoms with E-state index in [1.807, 2.05) is 35.1 Å². The Labute approximate surface area is 151 Å². The Bertz CT molecular complexity index is 974. The molecule has 0 aromatic heterocycles. The molecule has 0 saturated heterocycles. The molecule has 0 aliphatic rings. The van der Waals surface area contributed by atoms with E-state index in [0.29, 0.717) is 5.69 Å². The average molecular weight is 367 g/mol. The third-order valence-electron chi connectivity index (χ3n) is 3.49. The lowest BCUT2D eigenvalue weighted by Crippen LogP contribution is -2.34. The molecule has 6 nitrogen and oxygen atoms in total. The van der Waals surface area contributed by atoms with Crippen molar-refractivity contribution in [3.8, 4) is 0 Å². The Balaban J connectivity index is 1.61. The summed E-state index contributed by atoms with van der Waals surface area (Å²) >= 11 is 0. The summed E-state index contributed by atoms with van der Waals surface area (Å²) in [5, 5.41) is 5.72. The van der Waals surface area contributed by atoms with Crippen LogP contribution in [-0.2, 0) is 10.0 Å². The smallest absolute Gasteiger partial charge is 0.333 e. The quantitative estimate of drug-likeness (QED) is 0.637. The summed E-state index contributed by atoms with van der Waals surface area (Å²) < 4.78 is 26.2. The summed E-state index contributed by atoms with van der Waals surface area (Å²) in [6.07, 6.45) is 0. The second-order valence-electron chi connectivity index (χ2n) is 5.44. The monoisotopic (exact) mass is 367 g/mol. The maximum Gasteiger partial charge on any atom is 0.333 e. The van der Waals surface area contributed by atoms with Gasteiger partial charge in [-0.3, -0.25) is 0 Å². The Hall–Kier alpha value is -3.32. The van der Waals surface area contributed by atoms with Crippen molar-refractivity contribution in [2.45, 2.75) is 4.90 Å². The number of nitrogens with one attached hydrogen (secondary N) is 3. The molecule has 0 saturated carbocycles. The predicted molar refractivity (Wildman–Crippen MR) is 102 cm³/mol. The van der Waals surface area contributed by atoms with E-state index in [2.05, 4.69) is 10.6 Å². The van der Waals surface area contributed by atoms with Crippen LogP contribution in [-0.4, -0.2) is 14.4 Å². The molecule has 0 unspecified atom stereocenters. The molecule has 0 bridgehead atoms. The number of sulfonamides is 1. The third-order valence-corrected chi connectivity index (χ3v) is 4.83. The number of carbonyl (C=O) groups excluding carboxylic acids is 1. The predicted octanol–water partition coefficient (Wildman–Crippen LogP) is 3.94. The Kier molecular flexibility index (Phi) is 5.19. The normalized spacial score (nSPS) is 10.8. The van der Waals surface area contributed by atoms with Gasteiger partial charge in [-0.25, -0.2) is 17.9 Å². The molecule has 0 fully saturated rings. The number of benzene rings is 3. The van der Waals surface area contributed by atoms with Gasteiger partial charge in [-0.1, -0.05) is 36.4 Å². The molecule has 2 amide bonds. The SMILES string of the molecule is O=C(Nc1ccc(Nc2ccccc2)cc1)NS(=O)(=O)c1ccccc1. The zero-order valence-electron chi connectivity index (χ0n) is 13.7. The van der Waals surface area contributed by atoms with Crippen molar-refractivity contribution in [1.82, 2.24) is 4.72 Å². The van der Waals surface area contributed by atoms with Gasteiger partial charge in [0, 0.05) is 17.1 Å². The summed E-state index contributed by atoms with van der Waals surface area (Å²) in [7, 11) is -3.90. The van der Waals surface area contributed by atoms with Crippen molar-refractivity contribution in [3.05, 3.63) is 84.9 Å². The highest BCUT2D eigenvalue weighted by Gasteiger charge is 2.16. The molecule has 0 radical (unpaired) electrons. The Morgan fingerprint density at radius 3 is 1.77 bits per heavy atom. The molecule has 0 aliphatic carbocycles. The number of rotatable bonds is 5. The van der Waals surface area contributed by atoms with E-state index < -0.39 is 16.1 Å². The number of anilines is 3. The number of hydrogen-bond donors (Lipinski definition) is 3. The molecular weight excluding hydrogens is 350 g/mol. The van der Waals surface area contributed by atoms with E-state index in [1.54, 1.807) is 42.5 Å². The lowest BCUT2D eigenvalue weighted by atomic mass is 10.2. The maximum atomic E-state index is 12.1. The standard InChI is InChI=1S/C19H17N3O3S/c23-19(22-26(24,25)18-9-5-2-6-10-18)21-17-13-11-16(12-14-17)20-15-7-3-1-4-8-15/h1-14,20H,(H2,21,22,23). The molecule has 26 heavy (non-hydrogen) atoms. The van der Waals surface area contributed by atoms with E-state index in [1.165, 1.54) is 12.1 Å². The average Bonchev–Trinajstić information content (AvgIpc) is 2.64. The van der Waals surface area contributed by atoms with Crippen LogP contribution in [0.3, 0.4) is 0 Å². The summed E-state index contributed by atoms with van der Waals surface area (Å²) in [5.41, 5.74) is 2.27. The lowest BCUT2D eigenvalue weighted by molar-refractivity contribution is 0.256. The van der Waals surface area contributed by atoms with Gasteiger partial charge < -0.3 is 10.6 Å². The minimum absolute atomic E-state index is 0.0255. The first kappa shape index (κ1) is 17.5. The number of carbonyl (C=O) groups is 1. The maximum absolute atomic E-state index is 12.1. The molecular formula is C19H17N3O3S. The fraction of sp³-hybridized carbons (Fsp3) is 0. The van der Waals surface area contributed by atoms with Crippen molar-refractivity contribution in [1.29, 1.82) is 0 Å². The topological polar surface area (TPSA) is 87.3 Å². The highest BCUT2D eigenvalue weighted by Crippen LogP contribution is 2.18. The van der Waals surface area contributed by atoms with Crippen LogP contribution < -0.4 is 15.4 Å². The number of urea groups is 1. The molecule has 3 aromatic rings. The fourth-order valence-electron chi connectivity index (χ4n) is 2.26. The van der Waals surface area contributed by atoms with Crippen molar-refractivity contribution >= 4 is 33.1 Å². The van der Waals surface area contributed by atoms with Crippen LogP contribution in [0.15, 0.2) is 89.8 Å². The molecule has 3 rings (SSSR count). The summed E-state index contributed by atoms with van der Waals surface area (Å²) in [6.45, 7) is 0. The molecule has 0 aliphatic heterocycles. The van der Waals surface area contributed by atoms with Gasteiger partial charge in [0.1, 0.15) is 0 Å². The van der Waals surface area contributed by atoms with Crippen molar-refractivity contribution < 1.29 is 13.2 Å². The highest BCUT2D eigenvalue weighted by atomic mass is 32.2. The fourth-order valence-corrected chi connectivity index (χ4v) is 3.19. The summed E-state index contributed by atoms with van der Waals surface area (Å²) in [4.78, 5) is 12.0. The summed E-state index contributed by atoms with van der Waals surface area (Å²) in [6, 6.07) is 23.5. The van der Waals surface area contributed by atoms with Gasteiger partial charge in [-0.05, 0) is 48.5 Å². The van der Waals surface area contributed by atoms with Crippen LogP contribution >= 0.6 is 0 Å². The van der Waals surface area contributed by atoms with Gasteiger partial charge in [-0.2, -0.15) is 0 Å². The van der Waals surface area contributed by atoms with Crippen LogP contribution in [0.2, 0.25) is 0 Å². The molecule has 3 N–H and O–H groups in total. The first-order valence-corrected chi connectivity index (χ1v) is 9.32. The van der Waals surface area contributed by atoms with Crippen LogP contribution in [0.1, 0.15) is 0 Å². The van der Waals surface area contributed by atoms with E-state index >= 15 is 0 Å². The molecule has 0 spiro atoms. The van der Waals surface area contributed by atoms with Crippen molar-refractivity contribution in [2.24, 2.45) is 0 Å². The lowest BCUT2D eigenvalue weighted by Gasteiger charge is -2.10. The highest BCUT2D eigenvalue weighted by molar-refractivity contribution is 7.90. The first-order chi connectivity index (χ1) is 12.5. The third kappa shape index (κ3) is 4.61. The zero-order chi connectivity index (χ0) is 18.4. The van der Waals surface area contributed by atoms with Crippen LogP contribution in [0, 0.1) is 0 Å². The van der Waals surface area contributed by atoms with Crippen molar-refractivity contribution in [3.63, 3.8) is 0 Å². The van der Waals surface area contributed by atoms with E-state index in [0.717, 1.165) is 11.4 Å². The van der Waals surface area contributed by atoms with E-state index in [9.17, 15) is 13.2 Å². The Morgan fingerprint density at radius 1 is 0.654 bits per heavy atom. The minimum atomic E-state index is -3.90.